The van der Waals surface area contributed by atoms with Crippen LogP contribution >= 0.6 is 15.9 Å². The van der Waals surface area contributed by atoms with E-state index in [1.807, 2.05) is 12.1 Å². The number of rotatable bonds is 6. The molecule has 1 N–H and O–H groups in total. The Bertz CT molecular complexity index is 597. The van der Waals surface area contributed by atoms with Crippen LogP contribution in [0, 0.1) is 10.1 Å². The van der Waals surface area contributed by atoms with E-state index in [0.29, 0.717) is 11.3 Å². The summed E-state index contributed by atoms with van der Waals surface area (Å²) in [5.41, 5.74) is 0.882. The summed E-state index contributed by atoms with van der Waals surface area (Å²) in [6.45, 7) is 3.31. The third-order valence-electron chi connectivity index (χ3n) is 2.49. The van der Waals surface area contributed by atoms with Crippen molar-refractivity contribution in [1.29, 1.82) is 0 Å². The van der Waals surface area contributed by atoms with Crippen molar-refractivity contribution < 1.29 is 4.92 Å². The van der Waals surface area contributed by atoms with E-state index in [2.05, 4.69) is 43.2 Å². The van der Waals surface area contributed by atoms with Crippen molar-refractivity contribution in [2.24, 2.45) is 0 Å². The molecule has 20 heavy (non-hydrogen) atoms. The summed E-state index contributed by atoms with van der Waals surface area (Å²) >= 11 is 3.14. The zero-order valence-corrected chi connectivity index (χ0v) is 12.4. The van der Waals surface area contributed by atoms with Crippen molar-refractivity contribution in [3.63, 3.8) is 0 Å². The van der Waals surface area contributed by atoms with Gasteiger partial charge in [0.2, 0.25) is 0 Å². The van der Waals surface area contributed by atoms with Gasteiger partial charge in [-0.05, 0) is 28.0 Å². The van der Waals surface area contributed by atoms with Crippen LogP contribution in [0.2, 0.25) is 0 Å². The Kier molecular flexibility index (Phi) is 4.61. The molecule has 0 spiro atoms. The van der Waals surface area contributed by atoms with Crippen LogP contribution in [-0.4, -0.2) is 31.2 Å². The maximum atomic E-state index is 10.6. The number of halogens is 1. The standard InChI is InChI=1S/C11H13BrN6O2/c1-2-5-13-9-4-3-8(6-14-9)7-17-10(12)15-11(16-17)18(19)20/h3-4,6H,2,5,7H2,1H3,(H,13,14). The lowest BCUT2D eigenvalue weighted by Crippen LogP contribution is -2.05. The van der Waals surface area contributed by atoms with Crippen LogP contribution < -0.4 is 5.32 Å². The number of aromatic nitrogens is 4. The van der Waals surface area contributed by atoms with Gasteiger partial charge in [-0.1, -0.05) is 13.0 Å². The van der Waals surface area contributed by atoms with Gasteiger partial charge in [-0.3, -0.25) is 0 Å². The first-order valence-electron chi connectivity index (χ1n) is 6.03. The summed E-state index contributed by atoms with van der Waals surface area (Å²) in [5.74, 6) is 0.380. The van der Waals surface area contributed by atoms with Crippen molar-refractivity contribution >= 4 is 27.7 Å². The molecule has 8 nitrogen and oxygen atoms in total. The topological polar surface area (TPSA) is 98.8 Å². The van der Waals surface area contributed by atoms with E-state index >= 15 is 0 Å². The molecular weight excluding hydrogens is 328 g/mol. The normalized spacial score (nSPS) is 10.5. The molecule has 0 radical (unpaired) electrons. The van der Waals surface area contributed by atoms with Gasteiger partial charge in [0.15, 0.2) is 0 Å². The number of nitrogens with zero attached hydrogens (tertiary/aromatic N) is 5. The van der Waals surface area contributed by atoms with Gasteiger partial charge < -0.3 is 15.4 Å². The fourth-order valence-electron chi connectivity index (χ4n) is 1.54. The van der Waals surface area contributed by atoms with Gasteiger partial charge in [0.25, 0.3) is 4.73 Å². The Balaban J connectivity index is 2.08. The van der Waals surface area contributed by atoms with E-state index in [0.717, 1.165) is 24.3 Å². The summed E-state index contributed by atoms with van der Waals surface area (Å²) < 4.78 is 1.73. The molecule has 2 heterocycles. The van der Waals surface area contributed by atoms with Gasteiger partial charge in [0.1, 0.15) is 5.82 Å². The Morgan fingerprint density at radius 2 is 2.30 bits per heavy atom. The van der Waals surface area contributed by atoms with Crippen molar-refractivity contribution in [2.75, 3.05) is 11.9 Å². The molecule has 0 fully saturated rings. The minimum absolute atomic E-state index is 0.317. The monoisotopic (exact) mass is 340 g/mol. The van der Waals surface area contributed by atoms with Crippen LogP contribution in [0.25, 0.3) is 0 Å². The van der Waals surface area contributed by atoms with E-state index in [4.69, 9.17) is 0 Å². The second-order valence-corrected chi connectivity index (χ2v) is 4.78. The van der Waals surface area contributed by atoms with Gasteiger partial charge in [0.05, 0.1) is 6.54 Å². The molecule has 9 heteroatoms. The Morgan fingerprint density at radius 3 is 2.85 bits per heavy atom. The lowest BCUT2D eigenvalue weighted by atomic mass is 10.3. The quantitative estimate of drug-likeness (QED) is 0.639. The minimum atomic E-state index is -0.628. The fraction of sp³-hybridized carbons (Fsp3) is 0.364. The predicted molar refractivity (Wildman–Crippen MR) is 76.5 cm³/mol. The molecule has 0 aliphatic carbocycles. The van der Waals surface area contributed by atoms with Crippen molar-refractivity contribution in [1.82, 2.24) is 19.7 Å². The smallest absolute Gasteiger partial charge is 0.390 e. The first-order chi connectivity index (χ1) is 9.60. The van der Waals surface area contributed by atoms with Crippen LogP contribution in [0.4, 0.5) is 11.8 Å². The molecule has 0 unspecified atom stereocenters. The summed E-state index contributed by atoms with van der Waals surface area (Å²) in [4.78, 5) is 17.9. The molecule has 2 rings (SSSR count). The molecule has 0 aliphatic rings. The van der Waals surface area contributed by atoms with E-state index in [9.17, 15) is 10.1 Å². The van der Waals surface area contributed by atoms with Crippen LogP contribution in [0.3, 0.4) is 0 Å². The zero-order valence-electron chi connectivity index (χ0n) is 10.8. The molecular formula is C11H13BrN6O2. The molecule has 0 aromatic carbocycles. The highest BCUT2D eigenvalue weighted by atomic mass is 79.9. The number of hydrogen-bond donors (Lipinski definition) is 1. The minimum Gasteiger partial charge on any atom is -0.390 e. The number of hydrogen-bond acceptors (Lipinski definition) is 6. The number of nitrogens with one attached hydrogen (secondary N) is 1. The van der Waals surface area contributed by atoms with Crippen LogP contribution in [-0.2, 0) is 6.54 Å². The van der Waals surface area contributed by atoms with Gasteiger partial charge in [-0.25, -0.2) is 4.98 Å². The summed E-state index contributed by atoms with van der Waals surface area (Å²) in [7, 11) is 0. The molecule has 0 atom stereocenters. The Morgan fingerprint density at radius 1 is 1.50 bits per heavy atom. The lowest BCUT2D eigenvalue weighted by molar-refractivity contribution is -0.394. The van der Waals surface area contributed by atoms with E-state index in [-0.39, 0.29) is 0 Å². The average Bonchev–Trinajstić information content (AvgIpc) is 2.80. The Labute approximate surface area is 123 Å². The van der Waals surface area contributed by atoms with Crippen LogP contribution in [0.1, 0.15) is 18.9 Å². The molecule has 0 bridgehead atoms. The van der Waals surface area contributed by atoms with Crippen LogP contribution in [0.15, 0.2) is 23.1 Å². The summed E-state index contributed by atoms with van der Waals surface area (Å²) in [5, 5.41) is 17.6. The maximum Gasteiger partial charge on any atom is 0.492 e. The lowest BCUT2D eigenvalue weighted by Gasteiger charge is -2.04. The van der Waals surface area contributed by atoms with Gasteiger partial charge in [-0.15, -0.1) is 0 Å². The largest absolute Gasteiger partial charge is 0.492 e. The number of nitro groups is 1. The number of anilines is 1. The summed E-state index contributed by atoms with van der Waals surface area (Å²) in [6.07, 6.45) is 2.73. The highest BCUT2D eigenvalue weighted by Gasteiger charge is 2.19. The molecule has 2 aromatic rings. The maximum absolute atomic E-state index is 10.6. The molecule has 0 saturated heterocycles. The van der Waals surface area contributed by atoms with Crippen LogP contribution in [0.5, 0.6) is 0 Å². The highest BCUT2D eigenvalue weighted by Crippen LogP contribution is 2.14. The van der Waals surface area contributed by atoms with E-state index < -0.39 is 10.9 Å². The predicted octanol–water partition coefficient (Wildman–Crippen LogP) is 2.21. The third kappa shape index (κ3) is 3.50. The zero-order chi connectivity index (χ0) is 14.5. The summed E-state index contributed by atoms with van der Waals surface area (Å²) in [6, 6.07) is 3.76. The second-order valence-electron chi connectivity index (χ2n) is 4.07. The molecule has 0 saturated carbocycles. The van der Waals surface area contributed by atoms with Gasteiger partial charge in [-0.2, -0.15) is 4.68 Å². The first-order valence-corrected chi connectivity index (χ1v) is 6.83. The molecule has 0 amide bonds. The Hall–Kier alpha value is -2.03. The van der Waals surface area contributed by atoms with E-state index in [1.165, 1.54) is 4.68 Å². The second kappa shape index (κ2) is 6.42. The van der Waals surface area contributed by atoms with Gasteiger partial charge in [0, 0.05) is 33.8 Å². The van der Waals surface area contributed by atoms with Crippen molar-refractivity contribution in [3.8, 4) is 0 Å². The average molecular weight is 341 g/mol. The van der Waals surface area contributed by atoms with Gasteiger partial charge >= 0.3 is 5.95 Å². The molecule has 2 aromatic heterocycles. The third-order valence-corrected chi connectivity index (χ3v) is 3.08. The molecule has 106 valence electrons. The number of pyridine rings is 1. The first kappa shape index (κ1) is 14.4. The van der Waals surface area contributed by atoms with Crippen molar-refractivity contribution in [3.05, 3.63) is 38.7 Å². The highest BCUT2D eigenvalue weighted by molar-refractivity contribution is 9.10. The molecule has 0 aliphatic heterocycles. The fourth-order valence-corrected chi connectivity index (χ4v) is 1.90. The van der Waals surface area contributed by atoms with Crippen molar-refractivity contribution in [2.45, 2.75) is 19.9 Å². The van der Waals surface area contributed by atoms with E-state index in [1.54, 1.807) is 6.20 Å². The SMILES string of the molecule is CCCNc1ccc(Cn2nc([N+](=O)[O-])nc2Br)cn1.